The fraction of sp³-hybridized carbons (Fsp3) is 0.595. The average Bonchev–Trinajstić information content (AvgIpc) is 3.26. The highest BCUT2D eigenvalue weighted by Gasteiger charge is 2.59. The highest BCUT2D eigenvalue weighted by molar-refractivity contribution is 5.71. The highest BCUT2D eigenvalue weighted by atomic mass is 19.1. The Morgan fingerprint density at radius 3 is 1.41 bits per heavy atom. The first-order chi connectivity index (χ1) is 38.7. The van der Waals surface area contributed by atoms with E-state index in [0.717, 1.165) is 114 Å². The van der Waals surface area contributed by atoms with Gasteiger partial charge in [0.15, 0.2) is 0 Å². The maximum absolute atomic E-state index is 14.3. The van der Waals surface area contributed by atoms with Crippen LogP contribution in [0.25, 0.3) is 22.3 Å². The van der Waals surface area contributed by atoms with Crippen LogP contribution in [-0.2, 0) is 6.61 Å². The fourth-order valence-corrected chi connectivity index (χ4v) is 15.6. The summed E-state index contributed by atoms with van der Waals surface area (Å²) >= 11 is 0. The number of aryl methyl sites for hydroxylation is 3. The smallest absolute Gasteiger partial charge is 0.131 e. The Hall–Kier alpha value is -4.53. The molecule has 8 atom stereocenters. The van der Waals surface area contributed by atoms with E-state index in [2.05, 4.69) is 34.6 Å². The molecule has 0 radical (unpaired) electrons. The first-order valence-corrected chi connectivity index (χ1v) is 31.9. The second-order valence-corrected chi connectivity index (χ2v) is 27.2. The number of rotatable bonds is 4. The van der Waals surface area contributed by atoms with Crippen LogP contribution in [0.1, 0.15) is 192 Å². The van der Waals surface area contributed by atoms with E-state index in [9.17, 15) is 19.7 Å². The number of fused-ring (bicyclic) bond motifs is 5. The van der Waals surface area contributed by atoms with Gasteiger partial charge in [0.25, 0.3) is 0 Å². The van der Waals surface area contributed by atoms with Gasteiger partial charge in [-0.1, -0.05) is 149 Å². The summed E-state index contributed by atoms with van der Waals surface area (Å²) in [6.07, 6.45) is 27.3. The molecule has 6 nitrogen and oxygen atoms in total. The van der Waals surface area contributed by atoms with Crippen molar-refractivity contribution < 1.29 is 35.0 Å². The zero-order valence-electron chi connectivity index (χ0n) is 51.0. The van der Waals surface area contributed by atoms with E-state index < -0.39 is 0 Å². The minimum absolute atomic E-state index is 0.0000147. The summed E-state index contributed by atoms with van der Waals surface area (Å²) in [6, 6.07) is 34.7. The molecule has 0 heterocycles. The van der Waals surface area contributed by atoms with Crippen molar-refractivity contribution in [3.05, 3.63) is 143 Å². The van der Waals surface area contributed by atoms with Gasteiger partial charge in [-0.05, 0) is 259 Å². The van der Waals surface area contributed by atoms with Crippen molar-refractivity contribution in [3.63, 3.8) is 0 Å². The third-order valence-corrected chi connectivity index (χ3v) is 21.4. The van der Waals surface area contributed by atoms with Crippen molar-refractivity contribution >= 4 is 0 Å². The van der Waals surface area contributed by atoms with Crippen molar-refractivity contribution in [1.82, 2.24) is 0 Å². The Morgan fingerprint density at radius 2 is 0.889 bits per heavy atom. The SMILES string of the molecule is CC1CCC(C2CCC(O)CC2)CC1.CC1CCC(O)CC1.C[C@@H]1CC[C@@H]2[C@H]3CC[C@@H]4C[C@H](O)CC[C@@]4(C)[C@@H]3CC[C@@]12C.Cc1ccc(-c2ccc(-c3ccc(O)cc3)c(F)c2)cc1.Cc1ccc(CO)cc1.Cc1ccc(O)cc1. The van der Waals surface area contributed by atoms with Crippen LogP contribution in [-0.4, -0.2) is 49.0 Å². The Labute approximate surface area is 489 Å². The lowest BCUT2D eigenvalue weighted by atomic mass is 9.45. The number of hydrogen-bond acceptors (Lipinski definition) is 6. The first kappa shape index (κ1) is 64.0. The van der Waals surface area contributed by atoms with E-state index in [1.54, 1.807) is 48.5 Å². The molecule has 0 aromatic heterocycles. The van der Waals surface area contributed by atoms with E-state index in [1.807, 2.05) is 87.5 Å². The van der Waals surface area contributed by atoms with Crippen LogP contribution < -0.4 is 0 Å². The standard InChI is InChI=1S/C20H34O.C19H15FO.C13H24O.C8H10O.C7H14O.C7H8O/c1-13-4-7-17-16-6-5-14-12-15(21)8-10-20(14,3)18(16)9-11-19(13,17)2;1-13-2-4-14(5-3-13)16-8-11-18(19(20)12-16)15-6-9-17(21)10-7-15;1-10-2-4-11(5-3-10)12-6-8-13(14)9-7-12;1-7-2-4-8(6-9)5-3-7;2*1-6-2-4-7(8)5-3-6/h13-18,21H,4-12H2,1-3H3;2-12,21H,1H3;10-14H,2-9H2,1H3;2-5,9H,6H2,1H3;6-8H,2-5H2,1H3;2-5,8H,1H3/t13-,14-,15-,16-,17-,18-,19+,20-;;;;;/m1...../s1. The van der Waals surface area contributed by atoms with Crippen LogP contribution in [0.4, 0.5) is 4.39 Å². The number of hydrogen-bond donors (Lipinski definition) is 6. The summed E-state index contributed by atoms with van der Waals surface area (Å²) in [6.45, 7) is 18.6. The molecule has 6 N–H and O–H groups in total. The molecule has 0 unspecified atom stereocenters. The maximum atomic E-state index is 14.3. The molecule has 444 valence electrons. The van der Waals surface area contributed by atoms with Gasteiger partial charge >= 0.3 is 0 Å². The van der Waals surface area contributed by atoms with Crippen molar-refractivity contribution in [2.45, 2.75) is 215 Å². The van der Waals surface area contributed by atoms with E-state index in [4.69, 9.17) is 15.3 Å². The van der Waals surface area contributed by atoms with Gasteiger partial charge in [0.05, 0.1) is 24.9 Å². The fourth-order valence-electron chi connectivity index (χ4n) is 15.6. The minimum Gasteiger partial charge on any atom is -0.508 e. The molecule has 81 heavy (non-hydrogen) atoms. The second kappa shape index (κ2) is 30.3. The molecular weight excluding hydrogens is 1000 g/mol. The summed E-state index contributed by atoms with van der Waals surface area (Å²) in [5.74, 6) is 8.76. The van der Waals surface area contributed by atoms with Gasteiger partial charge < -0.3 is 30.6 Å². The van der Waals surface area contributed by atoms with E-state index in [1.165, 1.54) is 113 Å². The predicted molar refractivity (Wildman–Crippen MR) is 333 cm³/mol. The van der Waals surface area contributed by atoms with Crippen molar-refractivity contribution in [3.8, 4) is 33.8 Å². The third-order valence-electron chi connectivity index (χ3n) is 21.4. The van der Waals surface area contributed by atoms with Crippen molar-refractivity contribution in [1.29, 1.82) is 0 Å². The molecule has 7 aliphatic rings. The molecule has 12 rings (SSSR count). The highest BCUT2D eigenvalue weighted by Crippen LogP contribution is 2.67. The predicted octanol–water partition coefficient (Wildman–Crippen LogP) is 18.3. The molecular formula is C74H105FO6. The van der Waals surface area contributed by atoms with Gasteiger partial charge in [0.2, 0.25) is 0 Å². The lowest BCUT2D eigenvalue weighted by Crippen LogP contribution is -2.53. The number of aliphatic hydroxyl groups excluding tert-OH is 4. The zero-order chi connectivity index (χ0) is 58.3. The molecule has 7 saturated carbocycles. The minimum atomic E-state index is -0.265. The quantitative estimate of drug-likeness (QED) is 0.107. The molecule has 0 bridgehead atoms. The first-order valence-electron chi connectivity index (χ1n) is 31.9. The summed E-state index contributed by atoms with van der Waals surface area (Å²) in [7, 11) is 0. The van der Waals surface area contributed by atoms with Crippen LogP contribution in [0.3, 0.4) is 0 Å². The molecule has 5 aromatic carbocycles. The maximum Gasteiger partial charge on any atom is 0.131 e. The number of halogens is 1. The van der Waals surface area contributed by atoms with Crippen molar-refractivity contribution in [2.24, 2.45) is 64.1 Å². The van der Waals surface area contributed by atoms with Gasteiger partial charge in [0.1, 0.15) is 17.3 Å². The molecule has 0 saturated heterocycles. The Balaban J connectivity index is 0.000000147. The number of aromatic hydroxyl groups is 2. The number of benzene rings is 5. The molecule has 5 aromatic rings. The summed E-state index contributed by atoms with van der Waals surface area (Å²) in [4.78, 5) is 0. The lowest BCUT2D eigenvalue weighted by molar-refractivity contribution is -0.125. The molecule has 7 aliphatic carbocycles. The van der Waals surface area contributed by atoms with E-state index in [-0.39, 0.29) is 36.5 Å². The second-order valence-electron chi connectivity index (χ2n) is 27.2. The van der Waals surface area contributed by atoms with Gasteiger partial charge in [0, 0.05) is 5.56 Å². The monoisotopic (exact) mass is 1110 g/mol. The van der Waals surface area contributed by atoms with Crippen LogP contribution in [0.5, 0.6) is 11.5 Å². The third kappa shape index (κ3) is 18.0. The van der Waals surface area contributed by atoms with Gasteiger partial charge in [-0.2, -0.15) is 0 Å². The lowest BCUT2D eigenvalue weighted by Gasteiger charge is -2.60. The Morgan fingerprint density at radius 1 is 0.444 bits per heavy atom. The van der Waals surface area contributed by atoms with Crippen molar-refractivity contribution in [2.75, 3.05) is 0 Å². The molecule has 7 heteroatoms. The van der Waals surface area contributed by atoms with E-state index in [0.29, 0.717) is 22.1 Å². The summed E-state index contributed by atoms with van der Waals surface area (Å²) in [5, 5.41) is 55.3. The molecule has 0 aliphatic heterocycles. The summed E-state index contributed by atoms with van der Waals surface area (Å²) in [5.41, 5.74) is 8.89. The Bertz CT molecular complexity index is 2540. The van der Waals surface area contributed by atoms with Crippen LogP contribution in [0.15, 0.2) is 115 Å². The molecule has 0 amide bonds. The molecule has 7 fully saturated rings. The zero-order valence-corrected chi connectivity index (χ0v) is 51.0. The van der Waals surface area contributed by atoms with Gasteiger partial charge in [-0.15, -0.1) is 0 Å². The van der Waals surface area contributed by atoms with Gasteiger partial charge in [-0.3, -0.25) is 0 Å². The van der Waals surface area contributed by atoms with Gasteiger partial charge in [-0.25, -0.2) is 4.39 Å². The number of phenols is 2. The number of aliphatic hydroxyl groups is 4. The van der Waals surface area contributed by atoms with Crippen LogP contribution in [0, 0.1) is 90.7 Å². The average molecular weight is 1110 g/mol. The summed E-state index contributed by atoms with van der Waals surface area (Å²) < 4.78 is 14.3. The number of phenolic OH excluding ortho intramolecular Hbond substituents is 2. The van der Waals surface area contributed by atoms with Crippen LogP contribution in [0.2, 0.25) is 0 Å². The normalized spacial score (nSPS) is 32.0. The topological polar surface area (TPSA) is 121 Å². The van der Waals surface area contributed by atoms with Crippen LogP contribution >= 0.6 is 0 Å². The largest absolute Gasteiger partial charge is 0.508 e. The van der Waals surface area contributed by atoms with E-state index >= 15 is 0 Å². The molecule has 0 spiro atoms. The Kier molecular flexibility index (Phi) is 24.0.